The summed E-state index contributed by atoms with van der Waals surface area (Å²) in [5.74, 6) is -2.12. The maximum atomic E-state index is 13.0. The lowest BCUT2D eigenvalue weighted by Crippen LogP contribution is -2.25. The summed E-state index contributed by atoms with van der Waals surface area (Å²) >= 11 is 12.3. The largest absolute Gasteiger partial charge is 0.465 e. The summed E-state index contributed by atoms with van der Waals surface area (Å²) < 4.78 is 13.6. The summed E-state index contributed by atoms with van der Waals surface area (Å²) in [6, 6.07) is 13.6. The molecule has 0 saturated heterocycles. The molecule has 4 nitrogen and oxygen atoms in total. The molecule has 2 rings (SSSR count). The summed E-state index contributed by atoms with van der Waals surface area (Å²) in [4.78, 5) is 25.7. The van der Waals surface area contributed by atoms with Crippen molar-refractivity contribution in [1.29, 1.82) is 0 Å². The Morgan fingerprint density at radius 2 is 1.56 bits per heavy atom. The van der Waals surface area contributed by atoms with Crippen LogP contribution in [0.4, 0.5) is 0 Å². The minimum absolute atomic E-state index is 0.144. The van der Waals surface area contributed by atoms with E-state index >= 15 is 0 Å². The fraction of sp³-hybridized carbons (Fsp3) is 0.300. The number of ether oxygens (including phenoxy) is 1. The smallest absolute Gasteiger partial charge is 0.321 e. The molecule has 2 aromatic rings. The van der Waals surface area contributed by atoms with E-state index in [9.17, 15) is 9.59 Å². The Labute approximate surface area is 171 Å². The van der Waals surface area contributed by atoms with Crippen molar-refractivity contribution in [3.63, 3.8) is 0 Å². The molecule has 0 N–H and O–H groups in total. The molecule has 0 radical (unpaired) electrons. The molecule has 0 aromatic heterocycles. The van der Waals surface area contributed by atoms with Gasteiger partial charge in [-0.1, -0.05) is 79.4 Å². The first-order valence-corrected chi connectivity index (χ1v) is 9.88. The van der Waals surface area contributed by atoms with Gasteiger partial charge in [-0.3, -0.25) is 9.59 Å². The van der Waals surface area contributed by atoms with Crippen molar-refractivity contribution in [1.82, 2.24) is 0 Å². The molecule has 2 aromatic carbocycles. The van der Waals surface area contributed by atoms with Gasteiger partial charge in [0.2, 0.25) is 0 Å². The minimum atomic E-state index is -1.08. The molecular weight excluding hydrogens is 406 g/mol. The Balaban J connectivity index is 0.00000176. The van der Waals surface area contributed by atoms with Crippen molar-refractivity contribution >= 4 is 44.1 Å². The van der Waals surface area contributed by atoms with Crippen molar-refractivity contribution in [2.24, 2.45) is 0 Å². The highest BCUT2D eigenvalue weighted by Crippen LogP contribution is 2.31. The maximum absolute atomic E-state index is 13.0. The molecule has 0 aliphatic rings. The molecule has 0 aliphatic carbocycles. The third-order valence-electron chi connectivity index (χ3n) is 3.83. The Bertz CT molecular complexity index is 733. The fourth-order valence-corrected chi connectivity index (χ4v) is 3.11. The van der Waals surface area contributed by atoms with E-state index in [1.54, 1.807) is 42.5 Å². The van der Waals surface area contributed by atoms with Crippen LogP contribution in [0.3, 0.4) is 0 Å². The summed E-state index contributed by atoms with van der Waals surface area (Å²) in [6.45, 7) is 2.36. The Kier molecular flexibility index (Phi) is 11.0. The SMILES string of the molecule is CCCCCOC(=O)C(C(=O)c1c(Cl)cccc1Cl)c1ccccc1.O=[PH3]. The lowest BCUT2D eigenvalue weighted by atomic mass is 9.90. The highest BCUT2D eigenvalue weighted by Gasteiger charge is 2.33. The number of halogens is 2. The van der Waals surface area contributed by atoms with Crippen molar-refractivity contribution < 1.29 is 18.9 Å². The molecule has 7 heteroatoms. The molecule has 0 amide bonds. The van der Waals surface area contributed by atoms with Crippen LogP contribution < -0.4 is 0 Å². The zero-order valence-corrected chi connectivity index (χ0v) is 18.0. The third kappa shape index (κ3) is 6.80. The summed E-state index contributed by atoms with van der Waals surface area (Å²) in [7, 11) is 0.611. The number of carbonyl (C=O) groups excluding carboxylic acids is 2. The van der Waals surface area contributed by atoms with Gasteiger partial charge < -0.3 is 9.30 Å². The number of hydrogen-bond donors (Lipinski definition) is 0. The number of rotatable bonds is 8. The van der Waals surface area contributed by atoms with E-state index in [4.69, 9.17) is 32.5 Å². The first-order chi connectivity index (χ1) is 13.1. The zero-order valence-electron chi connectivity index (χ0n) is 15.1. The van der Waals surface area contributed by atoms with Crippen LogP contribution in [0.25, 0.3) is 0 Å². The molecule has 0 spiro atoms. The van der Waals surface area contributed by atoms with Crippen LogP contribution in [-0.2, 0) is 14.1 Å². The Morgan fingerprint density at radius 1 is 0.963 bits per heavy atom. The third-order valence-corrected chi connectivity index (χ3v) is 4.46. The van der Waals surface area contributed by atoms with Gasteiger partial charge in [-0.25, -0.2) is 0 Å². The number of esters is 1. The highest BCUT2D eigenvalue weighted by atomic mass is 35.5. The maximum Gasteiger partial charge on any atom is 0.321 e. The van der Waals surface area contributed by atoms with Gasteiger partial charge in [0.15, 0.2) is 5.78 Å². The lowest BCUT2D eigenvalue weighted by Gasteiger charge is -2.17. The molecular formula is C20H23Cl2O4P. The number of carbonyl (C=O) groups is 2. The van der Waals surface area contributed by atoms with E-state index in [0.29, 0.717) is 21.3 Å². The van der Waals surface area contributed by atoms with Gasteiger partial charge in [0.25, 0.3) is 0 Å². The monoisotopic (exact) mass is 428 g/mol. The molecule has 2 atom stereocenters. The number of benzene rings is 2. The van der Waals surface area contributed by atoms with Crippen LogP contribution in [0.5, 0.6) is 0 Å². The molecule has 2 unspecified atom stereocenters. The van der Waals surface area contributed by atoms with Crippen LogP contribution in [0, 0.1) is 0 Å². The number of hydrogen-bond acceptors (Lipinski definition) is 4. The number of unbranched alkanes of at least 4 members (excludes halogenated alkanes) is 2. The second kappa shape index (κ2) is 12.7. The first-order valence-electron chi connectivity index (χ1n) is 8.55. The van der Waals surface area contributed by atoms with Crippen LogP contribution in [0.15, 0.2) is 48.5 Å². The van der Waals surface area contributed by atoms with Crippen molar-refractivity contribution in [3.8, 4) is 0 Å². The van der Waals surface area contributed by atoms with Gasteiger partial charge in [0.05, 0.1) is 31.3 Å². The molecule has 0 bridgehead atoms. The summed E-state index contributed by atoms with van der Waals surface area (Å²) in [5, 5.41) is 0.439. The Morgan fingerprint density at radius 3 is 2.11 bits per heavy atom. The van der Waals surface area contributed by atoms with E-state index in [2.05, 4.69) is 6.92 Å². The van der Waals surface area contributed by atoms with Gasteiger partial charge in [-0.2, -0.15) is 0 Å². The van der Waals surface area contributed by atoms with E-state index in [-0.39, 0.29) is 15.6 Å². The fourth-order valence-electron chi connectivity index (χ4n) is 2.53. The molecule has 0 aliphatic heterocycles. The van der Waals surface area contributed by atoms with Crippen molar-refractivity contribution in [2.45, 2.75) is 32.1 Å². The van der Waals surface area contributed by atoms with Crippen LogP contribution in [-0.4, -0.2) is 18.4 Å². The first kappa shape index (κ1) is 23.4. The van der Waals surface area contributed by atoms with E-state index < -0.39 is 17.7 Å². The van der Waals surface area contributed by atoms with Crippen LogP contribution >= 0.6 is 32.3 Å². The topological polar surface area (TPSA) is 60.4 Å². The molecule has 146 valence electrons. The van der Waals surface area contributed by atoms with Gasteiger partial charge in [-0.15, -0.1) is 0 Å². The molecule has 0 fully saturated rings. The van der Waals surface area contributed by atoms with E-state index in [0.717, 1.165) is 19.3 Å². The molecule has 0 heterocycles. The van der Waals surface area contributed by atoms with Crippen molar-refractivity contribution in [3.05, 3.63) is 69.7 Å². The average molecular weight is 429 g/mol. The zero-order chi connectivity index (χ0) is 20.2. The highest BCUT2D eigenvalue weighted by molar-refractivity contribution is 7.00. The summed E-state index contributed by atoms with van der Waals surface area (Å²) in [5.41, 5.74) is 0.703. The average Bonchev–Trinajstić information content (AvgIpc) is 2.68. The van der Waals surface area contributed by atoms with Gasteiger partial charge >= 0.3 is 5.97 Å². The van der Waals surface area contributed by atoms with Gasteiger partial charge in [0.1, 0.15) is 5.92 Å². The standard InChI is InChI=1S/C20H20Cl2O3.H3OP/c1-2-3-7-13-25-20(24)17(14-9-5-4-6-10-14)19(23)18-15(21)11-8-12-16(18)22;1-2/h4-6,8-12,17H,2-3,7,13H2,1H3;2H3. The molecule has 27 heavy (non-hydrogen) atoms. The lowest BCUT2D eigenvalue weighted by molar-refractivity contribution is -0.144. The second-order valence-electron chi connectivity index (χ2n) is 5.68. The normalized spacial score (nSPS) is 11.2. The van der Waals surface area contributed by atoms with Gasteiger partial charge in [-0.05, 0) is 24.1 Å². The number of ketones is 1. The number of Topliss-reactive ketones (excluding diaryl/α,β-unsaturated/α-hetero) is 1. The predicted molar refractivity (Wildman–Crippen MR) is 112 cm³/mol. The van der Waals surface area contributed by atoms with Crippen LogP contribution in [0.2, 0.25) is 10.0 Å². The predicted octanol–water partition coefficient (Wildman–Crippen LogP) is 5.63. The Hall–Kier alpha value is -1.61. The quantitative estimate of drug-likeness (QED) is 0.179. The summed E-state index contributed by atoms with van der Waals surface area (Å²) in [6.07, 6.45) is 2.76. The second-order valence-corrected chi connectivity index (χ2v) is 6.49. The molecule has 0 saturated carbocycles. The minimum Gasteiger partial charge on any atom is -0.465 e. The van der Waals surface area contributed by atoms with E-state index in [1.165, 1.54) is 0 Å². The van der Waals surface area contributed by atoms with E-state index in [1.807, 2.05) is 6.07 Å². The van der Waals surface area contributed by atoms with Gasteiger partial charge in [0, 0.05) is 0 Å². The van der Waals surface area contributed by atoms with Crippen molar-refractivity contribution in [2.75, 3.05) is 6.61 Å². The van der Waals surface area contributed by atoms with Crippen LogP contribution in [0.1, 0.15) is 48.0 Å².